The zero-order valence-electron chi connectivity index (χ0n) is 15.9. The summed E-state index contributed by atoms with van der Waals surface area (Å²) in [5.74, 6) is -1.73. The third-order valence-electron chi connectivity index (χ3n) is 4.36. The fraction of sp³-hybridized carbons (Fsp3) is 0.368. The number of ether oxygens (including phenoxy) is 1. The number of methoxy groups -OCH3 is 1. The first kappa shape index (κ1) is 22.3. The highest BCUT2D eigenvalue weighted by Crippen LogP contribution is 2.28. The van der Waals surface area contributed by atoms with Crippen molar-refractivity contribution in [1.82, 2.24) is 14.8 Å². The van der Waals surface area contributed by atoms with Gasteiger partial charge in [0, 0.05) is 12.7 Å². The molecule has 0 spiro atoms. The summed E-state index contributed by atoms with van der Waals surface area (Å²) in [6.45, 7) is 1.17. The molecule has 10 heteroatoms. The van der Waals surface area contributed by atoms with Crippen LogP contribution in [0.5, 0.6) is 5.75 Å². The van der Waals surface area contributed by atoms with Crippen LogP contribution in [-0.4, -0.2) is 65.2 Å². The number of rotatable bonds is 5. The van der Waals surface area contributed by atoms with E-state index in [0.717, 1.165) is 17.9 Å². The molecule has 0 bridgehead atoms. The normalized spacial score (nSPS) is 17.1. The van der Waals surface area contributed by atoms with Crippen molar-refractivity contribution in [3.63, 3.8) is 0 Å². The first-order valence-corrected chi connectivity index (χ1v) is 8.69. The van der Waals surface area contributed by atoms with Crippen molar-refractivity contribution in [2.75, 3.05) is 27.2 Å². The van der Waals surface area contributed by atoms with Gasteiger partial charge in [-0.2, -0.15) is 13.2 Å². The third kappa shape index (κ3) is 5.98. The maximum Gasteiger partial charge on any atom is 0.490 e. The summed E-state index contributed by atoms with van der Waals surface area (Å²) in [4.78, 5) is 28.4. The summed E-state index contributed by atoms with van der Waals surface area (Å²) >= 11 is 0. The summed E-state index contributed by atoms with van der Waals surface area (Å²) in [7, 11) is 3.64. The molecule has 1 unspecified atom stereocenters. The van der Waals surface area contributed by atoms with Gasteiger partial charge in [-0.05, 0) is 43.3 Å². The number of hydrogen-bond donors (Lipinski definition) is 2. The number of carboxylic acids is 1. The van der Waals surface area contributed by atoms with Crippen LogP contribution in [0.25, 0.3) is 0 Å². The molecule has 1 atom stereocenters. The van der Waals surface area contributed by atoms with Gasteiger partial charge >= 0.3 is 12.1 Å². The van der Waals surface area contributed by atoms with Crippen LogP contribution < -0.4 is 4.74 Å². The second kappa shape index (κ2) is 9.46. The molecular weight excluding hydrogens is 391 g/mol. The number of halogens is 3. The molecule has 2 heterocycles. The predicted molar refractivity (Wildman–Crippen MR) is 98.3 cm³/mol. The van der Waals surface area contributed by atoms with E-state index in [1.54, 1.807) is 7.11 Å². The Morgan fingerprint density at radius 2 is 1.90 bits per heavy atom. The smallest absolute Gasteiger partial charge is 0.490 e. The van der Waals surface area contributed by atoms with Crippen molar-refractivity contribution >= 4 is 11.9 Å². The highest BCUT2D eigenvalue weighted by Gasteiger charge is 2.38. The number of H-pyrrole nitrogens is 1. The number of amides is 1. The van der Waals surface area contributed by atoms with E-state index in [2.05, 4.69) is 9.88 Å². The Bertz CT molecular complexity index is 807. The minimum atomic E-state index is -5.08. The van der Waals surface area contributed by atoms with Gasteiger partial charge in [-0.1, -0.05) is 12.1 Å². The average Bonchev–Trinajstić information content (AvgIpc) is 3.27. The van der Waals surface area contributed by atoms with Crippen LogP contribution in [0.2, 0.25) is 0 Å². The lowest BCUT2D eigenvalue weighted by Crippen LogP contribution is -2.32. The van der Waals surface area contributed by atoms with E-state index in [1.165, 1.54) is 5.56 Å². The van der Waals surface area contributed by atoms with Gasteiger partial charge in [0.25, 0.3) is 0 Å². The van der Waals surface area contributed by atoms with E-state index in [4.69, 9.17) is 14.6 Å². The average molecular weight is 413 g/mol. The number of alkyl halides is 3. The van der Waals surface area contributed by atoms with Crippen molar-refractivity contribution in [3.05, 3.63) is 53.9 Å². The molecule has 2 aromatic rings. The molecule has 0 radical (unpaired) electrons. The highest BCUT2D eigenvalue weighted by atomic mass is 19.4. The molecular formula is C19H22F3N3O4. The Balaban J connectivity index is 0.000000370. The molecule has 0 saturated carbocycles. The van der Waals surface area contributed by atoms with Crippen molar-refractivity contribution in [2.45, 2.75) is 18.8 Å². The zero-order valence-corrected chi connectivity index (χ0v) is 15.9. The van der Waals surface area contributed by atoms with Crippen LogP contribution in [0.3, 0.4) is 0 Å². The van der Waals surface area contributed by atoms with Gasteiger partial charge in [-0.25, -0.2) is 4.79 Å². The van der Waals surface area contributed by atoms with Crippen LogP contribution in [0, 0.1) is 0 Å². The molecule has 1 aromatic carbocycles. The van der Waals surface area contributed by atoms with Crippen molar-refractivity contribution in [1.29, 1.82) is 0 Å². The first-order valence-electron chi connectivity index (χ1n) is 8.69. The van der Waals surface area contributed by atoms with Crippen molar-refractivity contribution in [3.8, 4) is 5.75 Å². The fourth-order valence-electron chi connectivity index (χ4n) is 2.96. The number of carbonyl (C=O) groups excluding carboxylic acids is 1. The third-order valence-corrected chi connectivity index (χ3v) is 4.36. The van der Waals surface area contributed by atoms with Gasteiger partial charge in [0.2, 0.25) is 5.91 Å². The number of nitrogens with one attached hydrogen (secondary N) is 1. The SMILES string of the molecule is COc1ccc(CCN2C(=O)CN(C)C2c2ccc[nH]2)cc1.O=C(O)C(F)(F)F. The summed E-state index contributed by atoms with van der Waals surface area (Å²) in [5.41, 5.74) is 2.26. The van der Waals surface area contributed by atoms with Crippen LogP contribution in [0.15, 0.2) is 42.6 Å². The number of carbonyl (C=O) groups is 2. The number of aliphatic carboxylic acids is 1. The van der Waals surface area contributed by atoms with E-state index in [0.29, 0.717) is 13.1 Å². The van der Waals surface area contributed by atoms with Gasteiger partial charge < -0.3 is 19.7 Å². The van der Waals surface area contributed by atoms with E-state index in [-0.39, 0.29) is 12.1 Å². The molecule has 158 valence electrons. The van der Waals surface area contributed by atoms with Gasteiger partial charge in [0.05, 0.1) is 19.3 Å². The van der Waals surface area contributed by atoms with Gasteiger partial charge in [0.15, 0.2) is 0 Å². The number of benzene rings is 1. The first-order chi connectivity index (χ1) is 13.6. The number of aromatic amines is 1. The fourth-order valence-corrected chi connectivity index (χ4v) is 2.96. The molecule has 7 nitrogen and oxygen atoms in total. The molecule has 3 rings (SSSR count). The van der Waals surface area contributed by atoms with E-state index >= 15 is 0 Å². The molecule has 0 aliphatic carbocycles. The molecule has 1 aromatic heterocycles. The van der Waals surface area contributed by atoms with E-state index < -0.39 is 12.1 Å². The molecule has 1 fully saturated rings. The van der Waals surface area contributed by atoms with Gasteiger partial charge in [-0.15, -0.1) is 0 Å². The van der Waals surface area contributed by atoms with Crippen LogP contribution >= 0.6 is 0 Å². The van der Waals surface area contributed by atoms with Crippen LogP contribution in [0.1, 0.15) is 17.4 Å². The lowest BCUT2D eigenvalue weighted by atomic mass is 10.1. The minimum absolute atomic E-state index is 0.000693. The number of likely N-dealkylation sites (N-methyl/N-ethyl adjacent to an activating group) is 1. The Morgan fingerprint density at radius 1 is 1.28 bits per heavy atom. The molecule has 1 aliphatic rings. The minimum Gasteiger partial charge on any atom is -0.497 e. The second-order valence-corrected chi connectivity index (χ2v) is 6.40. The Kier molecular flexibility index (Phi) is 7.27. The largest absolute Gasteiger partial charge is 0.497 e. The van der Waals surface area contributed by atoms with Crippen molar-refractivity contribution < 1.29 is 32.6 Å². The number of carboxylic acid groups (broad SMARTS) is 1. The number of hydrogen-bond acceptors (Lipinski definition) is 4. The maximum absolute atomic E-state index is 12.3. The predicted octanol–water partition coefficient (Wildman–Crippen LogP) is 2.67. The van der Waals surface area contributed by atoms with Gasteiger partial charge in [0.1, 0.15) is 11.9 Å². The molecule has 29 heavy (non-hydrogen) atoms. The number of nitrogens with zero attached hydrogens (tertiary/aromatic N) is 2. The molecule has 2 N–H and O–H groups in total. The van der Waals surface area contributed by atoms with Crippen molar-refractivity contribution in [2.24, 2.45) is 0 Å². The summed E-state index contributed by atoms with van der Waals surface area (Å²) in [6.07, 6.45) is -2.35. The highest BCUT2D eigenvalue weighted by molar-refractivity contribution is 5.80. The Morgan fingerprint density at radius 3 is 2.38 bits per heavy atom. The lowest BCUT2D eigenvalue weighted by Gasteiger charge is -2.27. The maximum atomic E-state index is 12.3. The summed E-state index contributed by atoms with van der Waals surface area (Å²) in [5, 5.41) is 7.12. The summed E-state index contributed by atoms with van der Waals surface area (Å²) in [6, 6.07) is 12.0. The van der Waals surface area contributed by atoms with Gasteiger partial charge in [-0.3, -0.25) is 9.69 Å². The quantitative estimate of drug-likeness (QED) is 0.787. The zero-order chi connectivity index (χ0) is 21.6. The standard InChI is InChI=1S/C17H21N3O2.C2HF3O2/c1-19-12-16(21)20(17(19)15-4-3-10-18-15)11-9-13-5-7-14(22-2)8-6-13;3-2(4,5)1(6)7/h3-8,10,17-18H,9,11-12H2,1-2H3;(H,6,7). The lowest BCUT2D eigenvalue weighted by molar-refractivity contribution is -0.192. The van der Waals surface area contributed by atoms with Crippen LogP contribution in [-0.2, 0) is 16.0 Å². The molecule has 1 aliphatic heterocycles. The van der Waals surface area contributed by atoms with Crippen LogP contribution in [0.4, 0.5) is 13.2 Å². The Labute approximate surface area is 165 Å². The van der Waals surface area contributed by atoms with E-state index in [9.17, 15) is 18.0 Å². The molecule has 1 amide bonds. The second-order valence-electron chi connectivity index (χ2n) is 6.40. The van der Waals surface area contributed by atoms with E-state index in [1.807, 2.05) is 54.5 Å². The topological polar surface area (TPSA) is 85.9 Å². The Hall–Kier alpha value is -3.01. The number of aromatic nitrogens is 1. The summed E-state index contributed by atoms with van der Waals surface area (Å²) < 4.78 is 36.9. The monoisotopic (exact) mass is 413 g/mol. The molecule has 1 saturated heterocycles.